The highest BCUT2D eigenvalue weighted by Gasteiger charge is 2.37. The maximum absolute atomic E-state index is 12.6. The summed E-state index contributed by atoms with van der Waals surface area (Å²) in [5, 5.41) is 6.26. The van der Waals surface area contributed by atoms with Crippen LogP contribution in [0.2, 0.25) is 0 Å². The highest BCUT2D eigenvalue weighted by molar-refractivity contribution is 5.96. The van der Waals surface area contributed by atoms with E-state index in [0.717, 1.165) is 32.4 Å². The van der Waals surface area contributed by atoms with Crippen LogP contribution in [0.4, 0.5) is 5.69 Å². The molecule has 1 aliphatic heterocycles. The van der Waals surface area contributed by atoms with E-state index in [0.29, 0.717) is 16.8 Å². The largest absolute Gasteiger partial charge is 0.417 e. The molecule has 2 aromatic rings. The number of aromatic nitrogens is 1. The fraction of sp³-hybridized carbons (Fsp3) is 0.467. The molecule has 0 atom stereocenters. The van der Waals surface area contributed by atoms with Gasteiger partial charge in [-0.15, -0.1) is 0 Å². The van der Waals surface area contributed by atoms with Crippen LogP contribution < -0.4 is 16.4 Å². The van der Waals surface area contributed by atoms with E-state index in [1.165, 1.54) is 0 Å². The molecule has 1 aromatic carbocycles. The quantitative estimate of drug-likeness (QED) is 0.804. The molecule has 0 unspecified atom stereocenters. The molecule has 0 radical (unpaired) electrons. The molecule has 112 valence electrons. The topological polar surface area (TPSA) is 87.1 Å². The van der Waals surface area contributed by atoms with Gasteiger partial charge in [0.05, 0.1) is 10.9 Å². The van der Waals surface area contributed by atoms with Crippen LogP contribution >= 0.6 is 0 Å². The lowest BCUT2D eigenvalue weighted by atomic mass is 9.76. The number of hydrogen-bond donors (Lipinski definition) is 3. The Labute approximate surface area is 121 Å². The maximum Gasteiger partial charge on any atom is 0.417 e. The van der Waals surface area contributed by atoms with Gasteiger partial charge in [-0.05, 0) is 50.6 Å². The van der Waals surface area contributed by atoms with Crippen molar-refractivity contribution in [2.75, 3.05) is 18.4 Å². The molecule has 0 bridgehead atoms. The molecule has 1 saturated heterocycles. The molecular weight excluding hydrogens is 270 g/mol. The molecule has 6 heteroatoms. The lowest BCUT2D eigenvalue weighted by molar-refractivity contribution is -0.127. The third kappa shape index (κ3) is 2.58. The highest BCUT2D eigenvalue weighted by Crippen LogP contribution is 2.34. The summed E-state index contributed by atoms with van der Waals surface area (Å²) in [6.07, 6.45) is 2.52. The van der Waals surface area contributed by atoms with Crippen molar-refractivity contribution in [3.63, 3.8) is 0 Å². The average Bonchev–Trinajstić information content (AvgIpc) is 2.87. The Bertz CT molecular complexity index is 710. The molecule has 1 aliphatic rings. The Kier molecular flexibility index (Phi) is 3.55. The van der Waals surface area contributed by atoms with Crippen molar-refractivity contribution in [1.82, 2.24) is 10.3 Å². The van der Waals surface area contributed by atoms with E-state index in [4.69, 9.17) is 4.42 Å². The number of nitrogens with one attached hydrogen (secondary N) is 3. The number of fused-ring (bicyclic) bond motifs is 1. The summed E-state index contributed by atoms with van der Waals surface area (Å²) in [4.78, 5) is 26.4. The number of benzene rings is 1. The second-order valence-electron chi connectivity index (χ2n) is 5.56. The van der Waals surface area contributed by atoms with Crippen LogP contribution in [-0.2, 0) is 4.79 Å². The number of carbonyl (C=O) groups excluding carboxylic acids is 1. The van der Waals surface area contributed by atoms with Gasteiger partial charge in [-0.1, -0.05) is 6.92 Å². The predicted octanol–water partition coefficient (Wildman–Crippen LogP) is 1.84. The van der Waals surface area contributed by atoms with Gasteiger partial charge in [-0.3, -0.25) is 9.78 Å². The lowest BCUT2D eigenvalue weighted by Crippen LogP contribution is -2.44. The highest BCUT2D eigenvalue weighted by atomic mass is 16.4. The van der Waals surface area contributed by atoms with Gasteiger partial charge < -0.3 is 15.1 Å². The Morgan fingerprint density at radius 2 is 2.14 bits per heavy atom. The van der Waals surface area contributed by atoms with E-state index in [1.807, 2.05) is 0 Å². The third-order valence-electron chi connectivity index (χ3n) is 4.40. The Balaban J connectivity index is 1.83. The number of amides is 1. The Morgan fingerprint density at radius 1 is 1.38 bits per heavy atom. The summed E-state index contributed by atoms with van der Waals surface area (Å²) in [7, 11) is 0. The van der Waals surface area contributed by atoms with Crippen LogP contribution in [-0.4, -0.2) is 24.0 Å². The van der Waals surface area contributed by atoms with E-state index < -0.39 is 5.76 Å². The molecule has 1 fully saturated rings. The summed E-state index contributed by atoms with van der Waals surface area (Å²) in [5.41, 5.74) is 1.46. The SMILES string of the molecule is CCC1(C(=O)Nc2ccc3oc(=O)[nH]c3c2)CCNCC1. The minimum Gasteiger partial charge on any atom is -0.408 e. The summed E-state index contributed by atoms with van der Waals surface area (Å²) in [5.74, 6) is -0.437. The molecule has 21 heavy (non-hydrogen) atoms. The number of rotatable bonds is 3. The normalized spacial score (nSPS) is 17.8. The molecule has 6 nitrogen and oxygen atoms in total. The van der Waals surface area contributed by atoms with Crippen LogP contribution in [0.5, 0.6) is 0 Å². The number of aromatic amines is 1. The minimum absolute atomic E-state index is 0.0525. The van der Waals surface area contributed by atoms with Crippen LogP contribution in [0.1, 0.15) is 26.2 Å². The summed E-state index contributed by atoms with van der Waals surface area (Å²) < 4.78 is 4.95. The van der Waals surface area contributed by atoms with Crippen molar-refractivity contribution < 1.29 is 9.21 Å². The van der Waals surface area contributed by atoms with Crippen molar-refractivity contribution in [1.29, 1.82) is 0 Å². The lowest BCUT2D eigenvalue weighted by Gasteiger charge is -2.35. The van der Waals surface area contributed by atoms with Crippen molar-refractivity contribution >= 4 is 22.7 Å². The summed E-state index contributed by atoms with van der Waals surface area (Å²) in [6, 6.07) is 5.16. The van der Waals surface area contributed by atoms with Crippen LogP contribution in [0.15, 0.2) is 27.4 Å². The van der Waals surface area contributed by atoms with E-state index in [2.05, 4.69) is 22.5 Å². The molecular formula is C15H19N3O3. The predicted molar refractivity (Wildman–Crippen MR) is 80.3 cm³/mol. The van der Waals surface area contributed by atoms with Crippen LogP contribution in [0.25, 0.3) is 11.1 Å². The molecule has 1 amide bonds. The summed E-state index contributed by atoms with van der Waals surface area (Å²) >= 11 is 0. The van der Waals surface area contributed by atoms with E-state index in [1.54, 1.807) is 18.2 Å². The van der Waals surface area contributed by atoms with E-state index >= 15 is 0 Å². The van der Waals surface area contributed by atoms with Crippen molar-refractivity contribution in [3.8, 4) is 0 Å². The zero-order valence-electron chi connectivity index (χ0n) is 12.0. The number of anilines is 1. The van der Waals surface area contributed by atoms with Gasteiger partial charge in [0, 0.05) is 5.69 Å². The third-order valence-corrected chi connectivity index (χ3v) is 4.40. The number of hydrogen-bond acceptors (Lipinski definition) is 4. The first-order valence-electron chi connectivity index (χ1n) is 7.28. The standard InChI is InChI=1S/C15H19N3O3/c1-2-15(5-7-16-8-6-15)13(19)17-10-3-4-12-11(9-10)18-14(20)21-12/h3-4,9,16H,2,5-8H2,1H3,(H,17,19)(H,18,20). The molecule has 3 N–H and O–H groups in total. The smallest absolute Gasteiger partial charge is 0.408 e. The molecule has 0 spiro atoms. The Morgan fingerprint density at radius 3 is 2.86 bits per heavy atom. The molecule has 1 aromatic heterocycles. The first kappa shape index (κ1) is 13.9. The van der Waals surface area contributed by atoms with Gasteiger partial charge in [0.2, 0.25) is 5.91 Å². The second kappa shape index (κ2) is 5.37. The van der Waals surface area contributed by atoms with Gasteiger partial charge in [-0.25, -0.2) is 4.79 Å². The maximum atomic E-state index is 12.6. The zero-order chi connectivity index (χ0) is 14.9. The van der Waals surface area contributed by atoms with Crippen molar-refractivity contribution in [2.24, 2.45) is 5.41 Å². The number of oxazole rings is 1. The van der Waals surface area contributed by atoms with Gasteiger partial charge >= 0.3 is 5.76 Å². The average molecular weight is 289 g/mol. The van der Waals surface area contributed by atoms with E-state index in [9.17, 15) is 9.59 Å². The second-order valence-corrected chi connectivity index (χ2v) is 5.56. The van der Waals surface area contributed by atoms with Gasteiger partial charge in [-0.2, -0.15) is 0 Å². The van der Waals surface area contributed by atoms with Crippen LogP contribution in [0, 0.1) is 5.41 Å². The number of carbonyl (C=O) groups is 1. The molecule has 0 aliphatic carbocycles. The number of H-pyrrole nitrogens is 1. The van der Waals surface area contributed by atoms with Crippen molar-refractivity contribution in [2.45, 2.75) is 26.2 Å². The fourth-order valence-corrected chi connectivity index (χ4v) is 2.94. The van der Waals surface area contributed by atoms with Gasteiger partial charge in [0.15, 0.2) is 5.58 Å². The van der Waals surface area contributed by atoms with E-state index in [-0.39, 0.29) is 11.3 Å². The number of piperidine rings is 1. The first-order chi connectivity index (χ1) is 10.1. The van der Waals surface area contributed by atoms with Crippen molar-refractivity contribution in [3.05, 3.63) is 28.7 Å². The van der Waals surface area contributed by atoms with Gasteiger partial charge in [0.25, 0.3) is 0 Å². The van der Waals surface area contributed by atoms with Crippen LogP contribution in [0.3, 0.4) is 0 Å². The minimum atomic E-state index is -0.489. The first-order valence-corrected chi connectivity index (χ1v) is 7.28. The molecule has 2 heterocycles. The summed E-state index contributed by atoms with van der Waals surface area (Å²) in [6.45, 7) is 3.80. The Hall–Kier alpha value is -2.08. The van der Waals surface area contributed by atoms with Gasteiger partial charge in [0.1, 0.15) is 0 Å². The monoisotopic (exact) mass is 289 g/mol. The fourth-order valence-electron chi connectivity index (χ4n) is 2.94. The molecule has 3 rings (SSSR count). The zero-order valence-corrected chi connectivity index (χ0v) is 12.0. The molecule has 0 saturated carbocycles.